The quantitative estimate of drug-likeness (QED) is 0.578. The third-order valence-electron chi connectivity index (χ3n) is 1.60. The standard InChI is InChI=1S/C14H29O3Si/c1-11(2,3)15-14(10-18,16-12(4,5)6)17-13(7,8)9/h10H2,1-9H3. The van der Waals surface area contributed by atoms with Crippen molar-refractivity contribution in [2.45, 2.75) is 91.1 Å². The van der Waals surface area contributed by atoms with Gasteiger partial charge in [-0.3, -0.25) is 0 Å². The van der Waals surface area contributed by atoms with E-state index >= 15 is 0 Å². The first-order valence-corrected chi connectivity index (χ1v) is 7.14. The first-order chi connectivity index (χ1) is 7.68. The van der Waals surface area contributed by atoms with E-state index in [0.717, 1.165) is 0 Å². The van der Waals surface area contributed by atoms with Crippen molar-refractivity contribution in [3.05, 3.63) is 0 Å². The van der Waals surface area contributed by atoms with Crippen LogP contribution in [0, 0.1) is 0 Å². The maximum atomic E-state index is 6.03. The SMILES string of the molecule is CC(C)(C)OC(C[Si])(OC(C)(C)C)OC(C)(C)C. The van der Waals surface area contributed by atoms with Gasteiger partial charge in [0.25, 0.3) is 5.97 Å². The van der Waals surface area contributed by atoms with Crippen LogP contribution in [0.25, 0.3) is 0 Å². The lowest BCUT2D eigenvalue weighted by atomic mass is 10.1. The number of hydrogen-bond donors (Lipinski definition) is 0. The highest BCUT2D eigenvalue weighted by Crippen LogP contribution is 2.34. The zero-order chi connectivity index (χ0) is 14.8. The first kappa shape index (κ1) is 18.1. The van der Waals surface area contributed by atoms with Crippen molar-refractivity contribution < 1.29 is 14.2 Å². The minimum atomic E-state index is -1.09. The largest absolute Gasteiger partial charge is 0.322 e. The van der Waals surface area contributed by atoms with Crippen LogP contribution >= 0.6 is 0 Å². The van der Waals surface area contributed by atoms with Gasteiger partial charge in [-0.15, -0.1) is 0 Å². The van der Waals surface area contributed by atoms with E-state index < -0.39 is 5.97 Å². The third-order valence-corrected chi connectivity index (χ3v) is 2.03. The average Bonchev–Trinajstić information content (AvgIpc) is 1.93. The molecular formula is C14H29O3Si. The highest BCUT2D eigenvalue weighted by molar-refractivity contribution is 6.09. The second kappa shape index (κ2) is 5.61. The van der Waals surface area contributed by atoms with Crippen molar-refractivity contribution in [1.29, 1.82) is 0 Å². The van der Waals surface area contributed by atoms with Crippen molar-refractivity contribution >= 4 is 10.2 Å². The summed E-state index contributed by atoms with van der Waals surface area (Å²) in [7, 11) is 3.51. The Morgan fingerprint density at radius 3 is 0.944 bits per heavy atom. The summed E-state index contributed by atoms with van der Waals surface area (Å²) in [4.78, 5) is 0. The molecule has 0 saturated heterocycles. The van der Waals surface area contributed by atoms with Gasteiger partial charge in [0.2, 0.25) is 0 Å². The van der Waals surface area contributed by atoms with E-state index in [9.17, 15) is 0 Å². The lowest BCUT2D eigenvalue weighted by Crippen LogP contribution is -2.52. The Bertz CT molecular complexity index is 215. The van der Waals surface area contributed by atoms with Crippen molar-refractivity contribution in [2.75, 3.05) is 0 Å². The molecule has 0 fully saturated rings. The summed E-state index contributed by atoms with van der Waals surface area (Å²) in [6, 6.07) is 0.443. The fraction of sp³-hybridized carbons (Fsp3) is 1.00. The van der Waals surface area contributed by atoms with E-state index in [-0.39, 0.29) is 16.8 Å². The van der Waals surface area contributed by atoms with Crippen molar-refractivity contribution in [1.82, 2.24) is 0 Å². The molecule has 0 saturated carbocycles. The lowest BCUT2D eigenvalue weighted by Gasteiger charge is -2.45. The Morgan fingerprint density at radius 2 is 0.833 bits per heavy atom. The molecule has 0 aromatic rings. The summed E-state index contributed by atoms with van der Waals surface area (Å²) in [5.41, 5.74) is -1.07. The van der Waals surface area contributed by atoms with Crippen LogP contribution in [0.1, 0.15) is 62.3 Å². The van der Waals surface area contributed by atoms with Gasteiger partial charge in [0.1, 0.15) is 0 Å². The Kier molecular flexibility index (Phi) is 5.64. The van der Waals surface area contributed by atoms with Gasteiger partial charge in [-0.25, -0.2) is 0 Å². The van der Waals surface area contributed by atoms with Crippen LogP contribution in [-0.4, -0.2) is 33.0 Å². The number of rotatable bonds is 4. The lowest BCUT2D eigenvalue weighted by molar-refractivity contribution is -0.437. The highest BCUT2D eigenvalue weighted by atomic mass is 28.1. The molecule has 0 atom stereocenters. The van der Waals surface area contributed by atoms with Gasteiger partial charge in [-0.2, -0.15) is 0 Å². The zero-order valence-corrected chi connectivity index (χ0v) is 14.4. The molecule has 0 unspecified atom stereocenters. The maximum Gasteiger partial charge on any atom is 0.281 e. The minimum Gasteiger partial charge on any atom is -0.322 e. The molecule has 0 aliphatic heterocycles. The smallest absolute Gasteiger partial charge is 0.281 e. The van der Waals surface area contributed by atoms with E-state index in [4.69, 9.17) is 14.2 Å². The van der Waals surface area contributed by atoms with Gasteiger partial charge in [-0.05, 0) is 62.3 Å². The predicted octanol–water partition coefficient (Wildman–Crippen LogP) is 3.67. The highest BCUT2D eigenvalue weighted by Gasteiger charge is 2.42. The van der Waals surface area contributed by atoms with Gasteiger partial charge >= 0.3 is 0 Å². The summed E-state index contributed by atoms with van der Waals surface area (Å²) in [5.74, 6) is -1.09. The van der Waals surface area contributed by atoms with Crippen molar-refractivity contribution in [2.24, 2.45) is 0 Å². The molecule has 0 aromatic carbocycles. The van der Waals surface area contributed by atoms with E-state index in [1.807, 2.05) is 62.3 Å². The Balaban J connectivity index is 5.20. The molecule has 18 heavy (non-hydrogen) atoms. The Labute approximate surface area is 116 Å². The molecule has 0 heterocycles. The maximum absolute atomic E-state index is 6.03. The molecule has 0 aliphatic rings. The molecule has 3 nitrogen and oxygen atoms in total. The van der Waals surface area contributed by atoms with Crippen LogP contribution < -0.4 is 0 Å². The molecule has 107 valence electrons. The molecule has 0 aromatic heterocycles. The Hall–Kier alpha value is 0.0969. The summed E-state index contributed by atoms with van der Waals surface area (Å²) >= 11 is 0. The van der Waals surface area contributed by atoms with E-state index in [2.05, 4.69) is 10.2 Å². The number of hydrogen-bond acceptors (Lipinski definition) is 3. The summed E-state index contributed by atoms with van der Waals surface area (Å²) in [6.45, 7) is 17.9. The van der Waals surface area contributed by atoms with Crippen molar-refractivity contribution in [3.63, 3.8) is 0 Å². The fourth-order valence-electron chi connectivity index (χ4n) is 1.57. The molecule has 0 N–H and O–H groups in total. The number of ether oxygens (including phenoxy) is 3. The van der Waals surface area contributed by atoms with Gasteiger partial charge in [0.05, 0.1) is 16.8 Å². The second-order valence-electron chi connectivity index (χ2n) is 7.50. The predicted molar refractivity (Wildman–Crippen MR) is 75.8 cm³/mol. The molecule has 0 aliphatic carbocycles. The van der Waals surface area contributed by atoms with Gasteiger partial charge < -0.3 is 14.2 Å². The zero-order valence-electron chi connectivity index (χ0n) is 13.4. The topological polar surface area (TPSA) is 27.7 Å². The molecule has 3 radical (unpaired) electrons. The summed E-state index contributed by atoms with van der Waals surface area (Å²) in [5, 5.41) is 0. The molecule has 0 amide bonds. The normalized spacial score (nSPS) is 15.0. The molecule has 0 spiro atoms. The minimum absolute atomic E-state index is 0.358. The van der Waals surface area contributed by atoms with Crippen LogP contribution in [0.4, 0.5) is 0 Å². The van der Waals surface area contributed by atoms with Crippen LogP contribution in [0.15, 0.2) is 0 Å². The molecule has 0 bridgehead atoms. The third kappa shape index (κ3) is 8.24. The second-order valence-corrected chi connectivity index (χ2v) is 7.86. The first-order valence-electron chi connectivity index (χ1n) is 6.43. The summed E-state index contributed by atoms with van der Waals surface area (Å²) < 4.78 is 18.1. The van der Waals surface area contributed by atoms with Gasteiger partial charge in [-0.1, -0.05) is 0 Å². The molecule has 0 rings (SSSR count). The van der Waals surface area contributed by atoms with E-state index in [1.54, 1.807) is 0 Å². The Morgan fingerprint density at radius 1 is 0.611 bits per heavy atom. The van der Waals surface area contributed by atoms with Crippen LogP contribution in [0.5, 0.6) is 0 Å². The van der Waals surface area contributed by atoms with Gasteiger partial charge in [0, 0.05) is 16.3 Å². The van der Waals surface area contributed by atoms with Gasteiger partial charge in [0.15, 0.2) is 0 Å². The summed E-state index contributed by atoms with van der Waals surface area (Å²) in [6.07, 6.45) is 0. The van der Waals surface area contributed by atoms with Crippen LogP contribution in [-0.2, 0) is 14.2 Å². The monoisotopic (exact) mass is 273 g/mol. The van der Waals surface area contributed by atoms with E-state index in [1.165, 1.54) is 0 Å². The van der Waals surface area contributed by atoms with E-state index in [0.29, 0.717) is 6.04 Å². The van der Waals surface area contributed by atoms with Crippen LogP contribution in [0.3, 0.4) is 0 Å². The van der Waals surface area contributed by atoms with Crippen molar-refractivity contribution in [3.8, 4) is 0 Å². The molecule has 4 heteroatoms. The average molecular weight is 273 g/mol. The molecular weight excluding hydrogens is 244 g/mol. The van der Waals surface area contributed by atoms with Crippen LogP contribution in [0.2, 0.25) is 6.04 Å². The fourth-order valence-corrected chi connectivity index (χ4v) is 1.79.